The fourth-order valence-electron chi connectivity index (χ4n) is 1.93. The number of aromatic nitrogens is 2. The lowest BCUT2D eigenvalue weighted by molar-refractivity contribution is 1.30. The van der Waals surface area contributed by atoms with Crippen molar-refractivity contribution in [3.05, 3.63) is 52.5 Å². The average Bonchev–Trinajstić information content (AvgIpc) is 2.75. The van der Waals surface area contributed by atoms with Gasteiger partial charge < -0.3 is 4.98 Å². The zero-order valence-electron chi connectivity index (χ0n) is 9.37. The fourth-order valence-corrected chi connectivity index (χ4v) is 2.29. The molecule has 2 nitrogen and oxygen atoms in total. The molecule has 0 aliphatic rings. The van der Waals surface area contributed by atoms with Crippen molar-refractivity contribution >= 4 is 27.0 Å². The summed E-state index contributed by atoms with van der Waals surface area (Å²) in [6, 6.07) is 14.3. The SMILES string of the molecule is Cc1ccc(Br)cc1-c1nc2ccccc2[nH]1. The van der Waals surface area contributed by atoms with Gasteiger partial charge in [-0.1, -0.05) is 34.1 Å². The van der Waals surface area contributed by atoms with Gasteiger partial charge in [-0.3, -0.25) is 0 Å². The van der Waals surface area contributed by atoms with E-state index in [9.17, 15) is 0 Å². The van der Waals surface area contributed by atoms with E-state index in [2.05, 4.69) is 45.0 Å². The van der Waals surface area contributed by atoms with E-state index in [1.54, 1.807) is 0 Å². The molecule has 3 aromatic rings. The predicted molar refractivity (Wildman–Crippen MR) is 74.0 cm³/mol. The van der Waals surface area contributed by atoms with Crippen molar-refractivity contribution < 1.29 is 0 Å². The van der Waals surface area contributed by atoms with Crippen molar-refractivity contribution in [1.29, 1.82) is 0 Å². The van der Waals surface area contributed by atoms with Gasteiger partial charge in [0.1, 0.15) is 5.82 Å². The highest BCUT2D eigenvalue weighted by Crippen LogP contribution is 2.26. The minimum atomic E-state index is 0.921. The summed E-state index contributed by atoms with van der Waals surface area (Å²) in [6.45, 7) is 2.09. The zero-order valence-corrected chi connectivity index (χ0v) is 11.0. The van der Waals surface area contributed by atoms with E-state index in [1.165, 1.54) is 5.56 Å². The Morgan fingerprint density at radius 3 is 2.76 bits per heavy atom. The summed E-state index contributed by atoms with van der Waals surface area (Å²) in [5.41, 5.74) is 4.42. The van der Waals surface area contributed by atoms with Crippen LogP contribution in [0.1, 0.15) is 5.56 Å². The van der Waals surface area contributed by atoms with Crippen LogP contribution in [-0.4, -0.2) is 9.97 Å². The molecule has 1 heterocycles. The van der Waals surface area contributed by atoms with Crippen molar-refractivity contribution in [1.82, 2.24) is 9.97 Å². The summed E-state index contributed by atoms with van der Waals surface area (Å²) < 4.78 is 1.07. The summed E-state index contributed by atoms with van der Waals surface area (Å²) >= 11 is 3.50. The van der Waals surface area contributed by atoms with Crippen LogP contribution >= 0.6 is 15.9 Å². The van der Waals surface area contributed by atoms with Gasteiger partial charge in [0, 0.05) is 10.0 Å². The molecule has 1 N–H and O–H groups in total. The van der Waals surface area contributed by atoms with Crippen LogP contribution in [0.5, 0.6) is 0 Å². The number of hydrogen-bond donors (Lipinski definition) is 1. The third-order valence-electron chi connectivity index (χ3n) is 2.84. The maximum Gasteiger partial charge on any atom is 0.138 e. The van der Waals surface area contributed by atoms with Crippen LogP contribution in [0, 0.1) is 6.92 Å². The van der Waals surface area contributed by atoms with Crippen molar-refractivity contribution in [3.63, 3.8) is 0 Å². The van der Waals surface area contributed by atoms with E-state index in [0.29, 0.717) is 0 Å². The zero-order chi connectivity index (χ0) is 11.8. The number of H-pyrrole nitrogens is 1. The largest absolute Gasteiger partial charge is 0.338 e. The van der Waals surface area contributed by atoms with Crippen LogP contribution in [0.15, 0.2) is 46.9 Å². The molecule has 3 rings (SSSR count). The molecule has 0 unspecified atom stereocenters. The standard InChI is InChI=1S/C14H11BrN2/c1-9-6-7-10(15)8-11(9)14-16-12-4-2-3-5-13(12)17-14/h2-8H,1H3,(H,16,17). The van der Waals surface area contributed by atoms with Crippen LogP contribution in [-0.2, 0) is 0 Å². The second kappa shape index (κ2) is 4.00. The first-order valence-corrected chi connectivity index (χ1v) is 6.24. The molecule has 0 radical (unpaired) electrons. The molecule has 0 saturated carbocycles. The van der Waals surface area contributed by atoms with Crippen molar-refractivity contribution in [2.75, 3.05) is 0 Å². The van der Waals surface area contributed by atoms with Crippen LogP contribution in [0.2, 0.25) is 0 Å². The molecule has 0 saturated heterocycles. The molecule has 0 aliphatic heterocycles. The number of benzene rings is 2. The second-order valence-corrected chi connectivity index (χ2v) is 4.98. The second-order valence-electron chi connectivity index (χ2n) is 4.06. The Bertz CT molecular complexity index is 653. The molecule has 17 heavy (non-hydrogen) atoms. The highest BCUT2D eigenvalue weighted by molar-refractivity contribution is 9.10. The highest BCUT2D eigenvalue weighted by atomic mass is 79.9. The Labute approximate surface area is 108 Å². The van der Waals surface area contributed by atoms with E-state index in [4.69, 9.17) is 0 Å². The van der Waals surface area contributed by atoms with E-state index in [-0.39, 0.29) is 0 Å². The van der Waals surface area contributed by atoms with E-state index >= 15 is 0 Å². The number of nitrogens with zero attached hydrogens (tertiary/aromatic N) is 1. The molecular weight excluding hydrogens is 276 g/mol. The van der Waals surface area contributed by atoms with Gasteiger partial charge in [0.05, 0.1) is 11.0 Å². The molecule has 1 aromatic heterocycles. The van der Waals surface area contributed by atoms with Crippen LogP contribution < -0.4 is 0 Å². The third-order valence-corrected chi connectivity index (χ3v) is 3.34. The average molecular weight is 287 g/mol. The lowest BCUT2D eigenvalue weighted by Gasteiger charge is -2.02. The highest BCUT2D eigenvalue weighted by Gasteiger charge is 2.07. The molecule has 2 aromatic carbocycles. The number of aryl methyl sites for hydroxylation is 1. The number of para-hydroxylation sites is 2. The summed E-state index contributed by atoms with van der Waals surface area (Å²) in [7, 11) is 0. The first-order valence-electron chi connectivity index (χ1n) is 5.45. The third kappa shape index (κ3) is 1.87. The molecule has 3 heteroatoms. The summed E-state index contributed by atoms with van der Waals surface area (Å²) in [6.07, 6.45) is 0. The van der Waals surface area contributed by atoms with E-state index in [1.807, 2.05) is 30.3 Å². The van der Waals surface area contributed by atoms with Gasteiger partial charge in [-0.05, 0) is 36.8 Å². The molecular formula is C14H11BrN2. The molecule has 0 amide bonds. The Kier molecular flexibility index (Phi) is 2.48. The van der Waals surface area contributed by atoms with Gasteiger partial charge in [-0.15, -0.1) is 0 Å². The maximum atomic E-state index is 4.61. The van der Waals surface area contributed by atoms with Gasteiger partial charge in [0.2, 0.25) is 0 Å². The lowest BCUT2D eigenvalue weighted by Crippen LogP contribution is -1.85. The van der Waals surface area contributed by atoms with Crippen molar-refractivity contribution in [2.24, 2.45) is 0 Å². The Morgan fingerprint density at radius 1 is 1.12 bits per heavy atom. The number of rotatable bonds is 1. The minimum Gasteiger partial charge on any atom is -0.338 e. The van der Waals surface area contributed by atoms with Crippen molar-refractivity contribution in [3.8, 4) is 11.4 Å². The molecule has 0 aliphatic carbocycles. The first-order chi connectivity index (χ1) is 8.24. The molecule has 0 spiro atoms. The number of aromatic amines is 1. The molecule has 0 atom stereocenters. The van der Waals surface area contributed by atoms with Crippen molar-refractivity contribution in [2.45, 2.75) is 6.92 Å². The number of fused-ring (bicyclic) bond motifs is 1. The van der Waals surface area contributed by atoms with Gasteiger partial charge >= 0.3 is 0 Å². The first kappa shape index (κ1) is 10.5. The fraction of sp³-hybridized carbons (Fsp3) is 0.0714. The topological polar surface area (TPSA) is 28.7 Å². The molecule has 0 fully saturated rings. The molecule has 84 valence electrons. The van der Waals surface area contributed by atoms with Gasteiger partial charge in [0.25, 0.3) is 0 Å². The Morgan fingerprint density at radius 2 is 1.94 bits per heavy atom. The van der Waals surface area contributed by atoms with Crippen LogP contribution in [0.3, 0.4) is 0 Å². The minimum absolute atomic E-state index is 0.921. The predicted octanol–water partition coefficient (Wildman–Crippen LogP) is 4.30. The van der Waals surface area contributed by atoms with Gasteiger partial charge in [-0.25, -0.2) is 4.98 Å². The number of imidazole rings is 1. The van der Waals surface area contributed by atoms with Crippen LogP contribution in [0.25, 0.3) is 22.4 Å². The molecule has 0 bridgehead atoms. The monoisotopic (exact) mass is 286 g/mol. The number of halogens is 1. The van der Waals surface area contributed by atoms with E-state index in [0.717, 1.165) is 26.9 Å². The number of nitrogens with one attached hydrogen (secondary N) is 1. The van der Waals surface area contributed by atoms with Gasteiger partial charge in [0.15, 0.2) is 0 Å². The summed E-state index contributed by atoms with van der Waals surface area (Å²) in [5.74, 6) is 0.921. The lowest BCUT2D eigenvalue weighted by atomic mass is 10.1. The normalized spacial score (nSPS) is 10.9. The smallest absolute Gasteiger partial charge is 0.138 e. The number of hydrogen-bond acceptors (Lipinski definition) is 1. The van der Waals surface area contributed by atoms with Gasteiger partial charge in [-0.2, -0.15) is 0 Å². The Balaban J connectivity index is 2.23. The summed E-state index contributed by atoms with van der Waals surface area (Å²) in [5, 5.41) is 0. The van der Waals surface area contributed by atoms with Crippen LogP contribution in [0.4, 0.5) is 0 Å². The summed E-state index contributed by atoms with van der Waals surface area (Å²) in [4.78, 5) is 7.96. The Hall–Kier alpha value is -1.61. The maximum absolute atomic E-state index is 4.61. The van der Waals surface area contributed by atoms with E-state index < -0.39 is 0 Å². The quantitative estimate of drug-likeness (QED) is 0.710.